The molecule has 2 heterocycles. The summed E-state index contributed by atoms with van der Waals surface area (Å²) in [5, 5.41) is 0. The van der Waals surface area contributed by atoms with Gasteiger partial charge in [0.1, 0.15) is 22.2 Å². The molecule has 1 fully saturated rings. The molecular formula is C23H22F6O6S2. The largest absolute Gasteiger partial charge is 0.487 e. The molecule has 0 aromatic heterocycles. The van der Waals surface area contributed by atoms with Crippen LogP contribution in [0.4, 0.5) is 26.3 Å². The maximum absolute atomic E-state index is 17.8. The lowest BCUT2D eigenvalue weighted by atomic mass is 9.73. The van der Waals surface area contributed by atoms with Gasteiger partial charge in [0, 0.05) is 12.4 Å². The molecule has 6 nitrogen and oxygen atoms in total. The van der Waals surface area contributed by atoms with Gasteiger partial charge >= 0.3 is 6.18 Å². The zero-order valence-corrected chi connectivity index (χ0v) is 20.7. The Morgan fingerprint density at radius 3 is 2.30 bits per heavy atom. The smallest absolute Gasteiger partial charge is 0.416 e. The average Bonchev–Trinajstić information content (AvgIpc) is 2.86. The normalized spacial score (nSPS) is 30.7. The van der Waals surface area contributed by atoms with Crippen LogP contribution in [0.15, 0.2) is 41.3 Å². The maximum Gasteiger partial charge on any atom is 0.416 e. The van der Waals surface area contributed by atoms with Crippen molar-refractivity contribution in [3.63, 3.8) is 0 Å². The third-order valence-corrected chi connectivity index (χ3v) is 10.7. The van der Waals surface area contributed by atoms with Crippen molar-refractivity contribution in [1.82, 2.24) is 0 Å². The number of rotatable bonds is 6. The van der Waals surface area contributed by atoms with Crippen molar-refractivity contribution < 1.29 is 56.8 Å². The monoisotopic (exact) mass is 575 g/mol. The summed E-state index contributed by atoms with van der Waals surface area (Å²) in [5.41, 5.74) is -6.91. The van der Waals surface area contributed by atoms with Crippen LogP contribution in [0.2, 0.25) is 0 Å². The van der Waals surface area contributed by atoms with Crippen LogP contribution in [0.3, 0.4) is 0 Å². The van der Waals surface area contributed by atoms with E-state index >= 15 is 8.78 Å². The second kappa shape index (κ2) is 9.16. The van der Waals surface area contributed by atoms with Crippen LogP contribution in [-0.4, -0.2) is 53.3 Å². The predicted molar refractivity (Wildman–Crippen MR) is 119 cm³/mol. The fourth-order valence-corrected chi connectivity index (χ4v) is 7.52. The average molecular weight is 576 g/mol. The highest BCUT2D eigenvalue weighted by Crippen LogP contribution is 2.59. The Bertz CT molecular complexity index is 1550. The van der Waals surface area contributed by atoms with E-state index in [0.717, 1.165) is 0 Å². The number of sulfone groups is 2. The third-order valence-electron chi connectivity index (χ3n) is 6.46. The van der Waals surface area contributed by atoms with Gasteiger partial charge in [-0.05, 0) is 49.2 Å². The minimum Gasteiger partial charge on any atom is -0.487 e. The fraction of sp³-hybridized carbons (Fsp3) is 0.478. The molecule has 0 aliphatic carbocycles. The summed E-state index contributed by atoms with van der Waals surface area (Å²) in [5.74, 6) is -5.85. The maximum atomic E-state index is 17.8. The van der Waals surface area contributed by atoms with Crippen molar-refractivity contribution in [1.29, 1.82) is 0 Å². The van der Waals surface area contributed by atoms with Gasteiger partial charge in [0.05, 0.1) is 32.0 Å². The third kappa shape index (κ3) is 4.30. The van der Waals surface area contributed by atoms with Crippen molar-refractivity contribution in [3.05, 3.63) is 59.2 Å². The molecule has 2 aromatic carbocycles. The number of benzene rings is 2. The van der Waals surface area contributed by atoms with E-state index in [9.17, 15) is 34.4 Å². The number of ether oxygens (including phenoxy) is 2. The van der Waals surface area contributed by atoms with Gasteiger partial charge in [0.15, 0.2) is 31.8 Å². The molecule has 2 aliphatic rings. The molecular weight excluding hydrogens is 550 g/mol. The van der Waals surface area contributed by atoms with Crippen LogP contribution < -0.4 is 4.74 Å². The highest BCUT2D eigenvalue weighted by atomic mass is 32.2. The molecule has 14 heteroatoms. The molecule has 37 heavy (non-hydrogen) atoms. The summed E-state index contributed by atoms with van der Waals surface area (Å²) >= 11 is 0. The van der Waals surface area contributed by atoms with Gasteiger partial charge in [-0.25, -0.2) is 30.0 Å². The molecule has 0 N–H and O–H groups in total. The Morgan fingerprint density at radius 2 is 1.70 bits per heavy atom. The molecule has 0 spiro atoms. The predicted octanol–water partition coefficient (Wildman–Crippen LogP) is 4.37. The van der Waals surface area contributed by atoms with Gasteiger partial charge in [-0.3, -0.25) is 0 Å². The van der Waals surface area contributed by atoms with E-state index in [-0.39, 0.29) is 0 Å². The Labute approximate surface area is 213 Å². The van der Waals surface area contributed by atoms with Gasteiger partial charge < -0.3 is 9.47 Å². The SMILES string of the molecule is [2H]C1([2H])Oc2c(F)ccc(F)c2[C@]2(S(=O)(=O)c3ccc(C(F)(F)F)cc3)CCO[C@@]([2H])(CCS(=O)(=O)CC)[C@]12F. The second-order valence-electron chi connectivity index (χ2n) is 8.46. The summed E-state index contributed by atoms with van der Waals surface area (Å²) in [6.07, 6.45) is -10.6. The first-order valence-corrected chi connectivity index (χ1v) is 14.1. The summed E-state index contributed by atoms with van der Waals surface area (Å²) in [6.45, 7) is -3.62. The number of fused-ring (bicyclic) bond motifs is 3. The van der Waals surface area contributed by atoms with Gasteiger partial charge in [-0.1, -0.05) is 6.92 Å². The van der Waals surface area contributed by atoms with E-state index in [0.29, 0.717) is 36.4 Å². The zero-order valence-electron chi connectivity index (χ0n) is 22.0. The summed E-state index contributed by atoms with van der Waals surface area (Å²) < 4.78 is 173. The van der Waals surface area contributed by atoms with Crippen LogP contribution >= 0.6 is 0 Å². The molecule has 2 aliphatic heterocycles. The molecule has 0 amide bonds. The molecule has 4 rings (SSSR count). The lowest BCUT2D eigenvalue weighted by Crippen LogP contribution is -2.68. The van der Waals surface area contributed by atoms with E-state index < -0.39 is 113 Å². The first-order valence-electron chi connectivity index (χ1n) is 12.3. The second-order valence-corrected chi connectivity index (χ2v) is 13.1. The van der Waals surface area contributed by atoms with Crippen molar-refractivity contribution in [2.45, 2.75) is 47.3 Å². The topological polar surface area (TPSA) is 86.7 Å². The molecule has 204 valence electrons. The van der Waals surface area contributed by atoms with Gasteiger partial charge in [-0.15, -0.1) is 0 Å². The minimum atomic E-state index is -5.58. The first kappa shape index (κ1) is 23.8. The van der Waals surface area contributed by atoms with Crippen molar-refractivity contribution in [2.24, 2.45) is 0 Å². The quantitative estimate of drug-likeness (QED) is 0.476. The van der Waals surface area contributed by atoms with Crippen molar-refractivity contribution >= 4 is 19.7 Å². The summed E-state index contributed by atoms with van der Waals surface area (Å²) in [6, 6.07) is 2.47. The van der Waals surface area contributed by atoms with Crippen molar-refractivity contribution in [2.75, 3.05) is 24.7 Å². The summed E-state index contributed by atoms with van der Waals surface area (Å²) in [4.78, 5) is -1.03. The minimum absolute atomic E-state index is 0.349. The van der Waals surface area contributed by atoms with Crippen molar-refractivity contribution in [3.8, 4) is 5.75 Å². The lowest BCUT2D eigenvalue weighted by molar-refractivity contribution is -0.151. The van der Waals surface area contributed by atoms with Gasteiger partial charge in [-0.2, -0.15) is 13.2 Å². The van der Waals surface area contributed by atoms with E-state index in [2.05, 4.69) is 0 Å². The number of alkyl halides is 4. The standard InChI is InChI=1S/C23H22F6O6S2/c1-2-36(30,31)12-9-18-21(26)13-35-20-17(25)8-7-16(24)19(20)22(21,10-11-34-18)37(32,33)15-5-3-14(4-6-15)23(27,28)29/h3-8,18H,2,9-13H2,1H3/t18-,21+,22+/m0/s1/i13D2,18D. The summed E-state index contributed by atoms with van der Waals surface area (Å²) in [7, 11) is -9.56. The van der Waals surface area contributed by atoms with E-state index in [1.165, 1.54) is 6.92 Å². The van der Waals surface area contributed by atoms with E-state index in [1.54, 1.807) is 0 Å². The molecule has 1 saturated heterocycles. The zero-order chi connectivity index (χ0) is 30.2. The Kier molecular flexibility index (Phi) is 5.88. The molecule has 0 saturated carbocycles. The number of hydrogen-bond acceptors (Lipinski definition) is 6. The number of hydrogen-bond donors (Lipinski definition) is 0. The number of halogens is 6. The van der Waals surface area contributed by atoms with E-state index in [4.69, 9.17) is 13.6 Å². The molecule has 0 bridgehead atoms. The molecule has 0 unspecified atom stereocenters. The molecule has 0 radical (unpaired) electrons. The lowest BCUT2D eigenvalue weighted by Gasteiger charge is -2.53. The Morgan fingerprint density at radius 1 is 1.08 bits per heavy atom. The van der Waals surface area contributed by atoms with Gasteiger partial charge in [0.2, 0.25) is 0 Å². The van der Waals surface area contributed by atoms with Crippen LogP contribution in [-0.2, 0) is 35.3 Å². The highest BCUT2D eigenvalue weighted by molar-refractivity contribution is 7.92. The fourth-order valence-electron chi connectivity index (χ4n) is 4.50. The Hall–Kier alpha value is -2.32. The molecule has 3 atom stereocenters. The molecule has 2 aromatic rings. The van der Waals surface area contributed by atoms with Crippen LogP contribution in [0, 0.1) is 11.6 Å². The first-order chi connectivity index (χ1) is 18.2. The van der Waals surface area contributed by atoms with Crippen LogP contribution in [0.5, 0.6) is 5.75 Å². The van der Waals surface area contributed by atoms with E-state index in [1.807, 2.05) is 0 Å². The van der Waals surface area contributed by atoms with Crippen LogP contribution in [0.1, 0.15) is 35.0 Å². The highest BCUT2D eigenvalue weighted by Gasteiger charge is 2.71. The van der Waals surface area contributed by atoms with Crippen LogP contribution in [0.25, 0.3) is 0 Å². The Balaban J connectivity index is 2.10. The van der Waals surface area contributed by atoms with Gasteiger partial charge in [0.25, 0.3) is 0 Å².